The first-order valence-electron chi connectivity index (χ1n) is 7.21. The van der Waals surface area contributed by atoms with Crippen LogP contribution in [0.25, 0.3) is 0 Å². The fraction of sp³-hybridized carbons (Fsp3) is 0.500. The van der Waals surface area contributed by atoms with Gasteiger partial charge in [-0.15, -0.1) is 11.8 Å². The summed E-state index contributed by atoms with van der Waals surface area (Å²) in [7, 11) is 0. The van der Waals surface area contributed by atoms with E-state index in [1.165, 1.54) is 17.8 Å². The summed E-state index contributed by atoms with van der Waals surface area (Å²) in [6, 6.07) is 4.69. The summed E-state index contributed by atoms with van der Waals surface area (Å²) in [6.07, 6.45) is 0.811. The zero-order valence-corrected chi connectivity index (χ0v) is 13.5. The predicted octanol–water partition coefficient (Wildman–Crippen LogP) is 3.37. The molecule has 0 aromatic heterocycles. The van der Waals surface area contributed by atoms with Crippen LogP contribution in [0, 0.1) is 11.2 Å². The largest absolute Gasteiger partial charge is 0.481 e. The number of rotatable bonds is 5. The molecular formula is C16H20FNO3S. The Hall–Kier alpha value is -1.56. The molecule has 6 heteroatoms. The molecule has 1 aliphatic rings. The van der Waals surface area contributed by atoms with Gasteiger partial charge in [-0.05, 0) is 23.5 Å². The molecule has 120 valence electrons. The molecule has 0 fully saturated rings. The lowest BCUT2D eigenvalue weighted by molar-refractivity contribution is -0.139. The molecule has 1 heterocycles. The molecule has 1 aromatic rings. The van der Waals surface area contributed by atoms with E-state index >= 15 is 0 Å². The van der Waals surface area contributed by atoms with Gasteiger partial charge in [-0.3, -0.25) is 9.59 Å². The number of carboxylic acids is 1. The van der Waals surface area contributed by atoms with Crippen LogP contribution in [-0.4, -0.2) is 22.7 Å². The lowest BCUT2D eigenvalue weighted by Gasteiger charge is -2.28. The Morgan fingerprint density at radius 2 is 2.14 bits per heavy atom. The van der Waals surface area contributed by atoms with E-state index in [4.69, 9.17) is 5.11 Å². The molecular weight excluding hydrogens is 305 g/mol. The number of fused-ring (bicyclic) bond motifs is 1. The van der Waals surface area contributed by atoms with Crippen LogP contribution in [0.1, 0.15) is 44.7 Å². The summed E-state index contributed by atoms with van der Waals surface area (Å²) in [5.74, 6) is -0.623. The number of carboxylic acid groups (broad SMARTS) is 1. The van der Waals surface area contributed by atoms with Gasteiger partial charge in [-0.2, -0.15) is 0 Å². The van der Waals surface area contributed by atoms with E-state index in [0.29, 0.717) is 4.90 Å². The second kappa shape index (κ2) is 6.69. The van der Waals surface area contributed by atoms with Gasteiger partial charge in [0.15, 0.2) is 0 Å². The molecule has 2 rings (SSSR count). The van der Waals surface area contributed by atoms with Crippen molar-refractivity contribution in [3.63, 3.8) is 0 Å². The first-order valence-corrected chi connectivity index (χ1v) is 8.19. The second-order valence-electron chi connectivity index (χ2n) is 6.33. The molecule has 1 aromatic carbocycles. The number of aliphatic carboxylic acids is 1. The van der Waals surface area contributed by atoms with Crippen LogP contribution in [0.3, 0.4) is 0 Å². The minimum absolute atomic E-state index is 0.0633. The number of halogens is 1. The van der Waals surface area contributed by atoms with E-state index in [-0.39, 0.29) is 30.6 Å². The molecule has 1 unspecified atom stereocenters. The maximum Gasteiger partial charge on any atom is 0.303 e. The summed E-state index contributed by atoms with van der Waals surface area (Å²) >= 11 is 1.46. The van der Waals surface area contributed by atoms with E-state index in [1.54, 1.807) is 19.9 Å². The number of benzene rings is 1. The van der Waals surface area contributed by atoms with Gasteiger partial charge in [0.1, 0.15) is 5.82 Å². The molecule has 0 radical (unpaired) electrons. The lowest BCUT2D eigenvalue weighted by atomic mass is 9.85. The molecule has 1 amide bonds. The Labute approximate surface area is 133 Å². The SMILES string of the molecule is CC(C)(CC(=O)O)CC(=O)NC1CCSc2c(F)cccc21. The van der Waals surface area contributed by atoms with E-state index in [2.05, 4.69) is 5.32 Å². The average Bonchev–Trinajstić information content (AvgIpc) is 2.37. The van der Waals surface area contributed by atoms with Crippen molar-refractivity contribution in [2.24, 2.45) is 5.41 Å². The summed E-state index contributed by atoms with van der Waals surface area (Å²) in [4.78, 5) is 23.6. The second-order valence-corrected chi connectivity index (χ2v) is 7.43. The topological polar surface area (TPSA) is 66.4 Å². The highest BCUT2D eigenvalue weighted by atomic mass is 32.2. The minimum Gasteiger partial charge on any atom is -0.481 e. The van der Waals surface area contributed by atoms with Crippen LogP contribution in [0.2, 0.25) is 0 Å². The highest BCUT2D eigenvalue weighted by Crippen LogP contribution is 2.38. The molecule has 1 aliphatic heterocycles. The molecule has 22 heavy (non-hydrogen) atoms. The first kappa shape index (κ1) is 16.8. The quantitative estimate of drug-likeness (QED) is 0.871. The lowest BCUT2D eigenvalue weighted by Crippen LogP contribution is -2.34. The number of nitrogens with one attached hydrogen (secondary N) is 1. The molecule has 0 bridgehead atoms. The van der Waals surface area contributed by atoms with E-state index < -0.39 is 11.4 Å². The molecule has 0 saturated heterocycles. The Balaban J connectivity index is 2.05. The van der Waals surface area contributed by atoms with E-state index in [1.807, 2.05) is 6.07 Å². The monoisotopic (exact) mass is 325 g/mol. The van der Waals surface area contributed by atoms with Crippen molar-refractivity contribution in [2.75, 3.05) is 5.75 Å². The molecule has 1 atom stereocenters. The van der Waals surface area contributed by atoms with Crippen molar-refractivity contribution in [2.45, 2.75) is 44.0 Å². The summed E-state index contributed by atoms with van der Waals surface area (Å²) < 4.78 is 13.8. The number of thioether (sulfide) groups is 1. The van der Waals surface area contributed by atoms with Gasteiger partial charge in [0.05, 0.1) is 12.5 Å². The molecule has 0 saturated carbocycles. The Kier molecular flexibility index (Phi) is 5.11. The van der Waals surface area contributed by atoms with Crippen LogP contribution in [-0.2, 0) is 9.59 Å². The molecule has 2 N–H and O–H groups in total. The smallest absolute Gasteiger partial charge is 0.303 e. The Morgan fingerprint density at radius 1 is 1.41 bits per heavy atom. The highest BCUT2D eigenvalue weighted by molar-refractivity contribution is 7.99. The summed E-state index contributed by atoms with van der Waals surface area (Å²) in [6.45, 7) is 3.51. The third-order valence-corrected chi connectivity index (χ3v) is 4.79. The predicted molar refractivity (Wildman–Crippen MR) is 83.3 cm³/mol. The summed E-state index contributed by atoms with van der Waals surface area (Å²) in [5.41, 5.74) is 0.199. The number of hydrogen-bond acceptors (Lipinski definition) is 3. The third-order valence-electron chi connectivity index (χ3n) is 3.63. The van der Waals surface area contributed by atoms with Crippen LogP contribution in [0.15, 0.2) is 23.1 Å². The van der Waals surface area contributed by atoms with Crippen molar-refractivity contribution >= 4 is 23.6 Å². The third kappa shape index (κ3) is 4.22. The van der Waals surface area contributed by atoms with E-state index in [9.17, 15) is 14.0 Å². The van der Waals surface area contributed by atoms with Gasteiger partial charge in [0.25, 0.3) is 0 Å². The maximum atomic E-state index is 13.8. The fourth-order valence-corrected chi connectivity index (χ4v) is 3.83. The zero-order valence-electron chi connectivity index (χ0n) is 12.7. The molecule has 0 spiro atoms. The van der Waals surface area contributed by atoms with Crippen molar-refractivity contribution in [1.82, 2.24) is 5.32 Å². The minimum atomic E-state index is -0.917. The van der Waals surface area contributed by atoms with Crippen LogP contribution < -0.4 is 5.32 Å². The maximum absolute atomic E-state index is 13.8. The van der Waals surface area contributed by atoms with Gasteiger partial charge in [-0.1, -0.05) is 26.0 Å². The fourth-order valence-electron chi connectivity index (χ4n) is 2.69. The zero-order chi connectivity index (χ0) is 16.3. The Morgan fingerprint density at radius 3 is 2.82 bits per heavy atom. The summed E-state index contributed by atoms with van der Waals surface area (Å²) in [5, 5.41) is 11.8. The number of carbonyl (C=O) groups excluding carboxylic acids is 1. The van der Waals surface area contributed by atoms with Gasteiger partial charge in [0, 0.05) is 17.1 Å². The van der Waals surface area contributed by atoms with Crippen LogP contribution in [0.4, 0.5) is 4.39 Å². The van der Waals surface area contributed by atoms with Crippen LogP contribution in [0.5, 0.6) is 0 Å². The van der Waals surface area contributed by atoms with Gasteiger partial charge in [0.2, 0.25) is 5.91 Å². The van der Waals surface area contributed by atoms with Crippen molar-refractivity contribution in [3.05, 3.63) is 29.6 Å². The highest BCUT2D eigenvalue weighted by Gasteiger charge is 2.28. The average molecular weight is 325 g/mol. The van der Waals surface area contributed by atoms with Crippen LogP contribution >= 0.6 is 11.8 Å². The van der Waals surface area contributed by atoms with Crippen molar-refractivity contribution in [1.29, 1.82) is 0 Å². The van der Waals surface area contributed by atoms with Gasteiger partial charge >= 0.3 is 5.97 Å². The number of amides is 1. The van der Waals surface area contributed by atoms with E-state index in [0.717, 1.165) is 17.7 Å². The van der Waals surface area contributed by atoms with Crippen molar-refractivity contribution < 1.29 is 19.1 Å². The normalized spacial score (nSPS) is 17.7. The van der Waals surface area contributed by atoms with Crippen molar-refractivity contribution in [3.8, 4) is 0 Å². The first-order chi connectivity index (χ1) is 10.3. The Bertz CT molecular complexity index is 589. The number of carbonyl (C=O) groups is 2. The number of hydrogen-bond donors (Lipinski definition) is 2. The van der Waals surface area contributed by atoms with Gasteiger partial charge in [-0.25, -0.2) is 4.39 Å². The molecule has 4 nitrogen and oxygen atoms in total. The molecule has 0 aliphatic carbocycles. The van der Waals surface area contributed by atoms with Gasteiger partial charge < -0.3 is 10.4 Å². The standard InChI is InChI=1S/C16H20FNO3S/c1-16(2,9-14(20)21)8-13(19)18-12-6-7-22-15-10(12)4-3-5-11(15)17/h3-5,12H,6-9H2,1-2H3,(H,18,19)(H,20,21).